The first-order chi connectivity index (χ1) is 15.0. The Hall–Kier alpha value is -3.60. The van der Waals surface area contributed by atoms with Crippen LogP contribution in [0.15, 0.2) is 78.9 Å². The molecule has 0 spiro atoms. The number of amides is 2. The van der Waals surface area contributed by atoms with Crippen LogP contribution < -0.4 is 15.4 Å². The fourth-order valence-corrected chi connectivity index (χ4v) is 2.99. The van der Waals surface area contributed by atoms with Crippen molar-refractivity contribution < 1.29 is 14.3 Å². The molecular formula is C26H28N2O3. The molecule has 1 atom stereocenters. The van der Waals surface area contributed by atoms with Crippen LogP contribution in [0.5, 0.6) is 5.75 Å². The van der Waals surface area contributed by atoms with E-state index in [1.54, 1.807) is 24.3 Å². The molecule has 2 N–H and O–H groups in total. The van der Waals surface area contributed by atoms with Crippen molar-refractivity contribution in [2.75, 3.05) is 10.6 Å². The van der Waals surface area contributed by atoms with Crippen LogP contribution in [0.4, 0.5) is 11.4 Å². The van der Waals surface area contributed by atoms with Gasteiger partial charge in [-0.2, -0.15) is 0 Å². The number of anilines is 2. The Morgan fingerprint density at radius 3 is 1.77 bits per heavy atom. The summed E-state index contributed by atoms with van der Waals surface area (Å²) in [6.07, 6.45) is -0.0719. The summed E-state index contributed by atoms with van der Waals surface area (Å²) in [7, 11) is 0. The highest BCUT2D eigenvalue weighted by atomic mass is 16.5. The molecule has 0 heterocycles. The fourth-order valence-electron chi connectivity index (χ4n) is 2.99. The van der Waals surface area contributed by atoms with Crippen molar-refractivity contribution in [2.45, 2.75) is 33.3 Å². The predicted octanol–water partition coefficient (Wildman–Crippen LogP) is 5.74. The molecule has 2 amide bonds. The van der Waals surface area contributed by atoms with Gasteiger partial charge in [-0.15, -0.1) is 0 Å². The van der Waals surface area contributed by atoms with Crippen molar-refractivity contribution in [3.05, 3.63) is 78.9 Å². The first-order valence-electron chi connectivity index (χ1n) is 10.5. The lowest BCUT2D eigenvalue weighted by Crippen LogP contribution is -2.32. The molecule has 31 heavy (non-hydrogen) atoms. The van der Waals surface area contributed by atoms with Crippen LogP contribution in [0.3, 0.4) is 0 Å². The highest BCUT2D eigenvalue weighted by molar-refractivity contribution is 5.95. The van der Waals surface area contributed by atoms with Gasteiger partial charge < -0.3 is 15.4 Å². The van der Waals surface area contributed by atoms with Gasteiger partial charge in [-0.25, -0.2) is 0 Å². The average Bonchev–Trinajstić information content (AvgIpc) is 2.79. The van der Waals surface area contributed by atoms with Gasteiger partial charge >= 0.3 is 0 Å². The Bertz CT molecular complexity index is 997. The molecule has 0 aromatic heterocycles. The van der Waals surface area contributed by atoms with Gasteiger partial charge in [-0.05, 0) is 53.9 Å². The molecule has 5 heteroatoms. The number of carbonyl (C=O) groups is 2. The number of hydrogen-bond acceptors (Lipinski definition) is 3. The lowest BCUT2D eigenvalue weighted by molar-refractivity contribution is -0.123. The van der Waals surface area contributed by atoms with Crippen LogP contribution in [-0.4, -0.2) is 17.9 Å². The predicted molar refractivity (Wildman–Crippen MR) is 125 cm³/mol. The van der Waals surface area contributed by atoms with E-state index in [1.165, 1.54) is 0 Å². The van der Waals surface area contributed by atoms with Gasteiger partial charge in [0.05, 0.1) is 0 Å². The maximum absolute atomic E-state index is 12.7. The average molecular weight is 417 g/mol. The number of rotatable bonds is 8. The van der Waals surface area contributed by atoms with Crippen LogP contribution in [0.1, 0.15) is 27.2 Å². The van der Waals surface area contributed by atoms with Gasteiger partial charge in [0.2, 0.25) is 5.91 Å². The Morgan fingerprint density at radius 1 is 0.742 bits per heavy atom. The first-order valence-corrected chi connectivity index (χ1v) is 10.5. The maximum atomic E-state index is 12.7. The number of ether oxygens (including phenoxy) is 1. The summed E-state index contributed by atoms with van der Waals surface area (Å²) in [4.78, 5) is 24.5. The van der Waals surface area contributed by atoms with Crippen LogP contribution in [0, 0.1) is 5.92 Å². The zero-order valence-corrected chi connectivity index (χ0v) is 18.1. The number of nitrogens with one attached hydrogen (secondary N) is 2. The van der Waals surface area contributed by atoms with Gasteiger partial charge in [-0.3, -0.25) is 9.59 Å². The minimum Gasteiger partial charge on any atom is -0.481 e. The van der Waals surface area contributed by atoms with Crippen molar-refractivity contribution in [1.82, 2.24) is 0 Å². The summed E-state index contributed by atoms with van der Waals surface area (Å²) < 4.78 is 5.92. The monoisotopic (exact) mass is 416 g/mol. The largest absolute Gasteiger partial charge is 0.481 e. The second-order valence-corrected chi connectivity index (χ2v) is 7.62. The van der Waals surface area contributed by atoms with E-state index in [4.69, 9.17) is 4.74 Å². The Labute approximate surface area is 183 Å². The zero-order valence-electron chi connectivity index (χ0n) is 18.1. The summed E-state index contributed by atoms with van der Waals surface area (Å²) in [6.45, 7) is 5.58. The topological polar surface area (TPSA) is 67.4 Å². The standard InChI is InChI=1S/C26H28N2O3/c1-4-24(31-23-16-10-20(11-17-23)19-8-6-5-7-9-19)26(30)28-22-14-12-21(13-15-22)27-25(29)18(2)3/h5-18,24H,4H2,1-3H3,(H,27,29)(H,28,30). The lowest BCUT2D eigenvalue weighted by Gasteiger charge is -2.18. The molecule has 0 saturated heterocycles. The summed E-state index contributed by atoms with van der Waals surface area (Å²) in [5.74, 6) is 0.292. The van der Waals surface area contributed by atoms with Crippen LogP contribution in [-0.2, 0) is 9.59 Å². The SMILES string of the molecule is CCC(Oc1ccc(-c2ccccc2)cc1)C(=O)Nc1ccc(NC(=O)C(C)C)cc1. The first kappa shape index (κ1) is 22.1. The molecule has 0 fully saturated rings. The van der Waals surface area contributed by atoms with Crippen molar-refractivity contribution in [3.63, 3.8) is 0 Å². The minimum atomic E-state index is -0.608. The van der Waals surface area contributed by atoms with Crippen molar-refractivity contribution in [2.24, 2.45) is 5.92 Å². The zero-order chi connectivity index (χ0) is 22.2. The molecule has 1 unspecified atom stereocenters. The van der Waals surface area contributed by atoms with Crippen molar-refractivity contribution >= 4 is 23.2 Å². The molecular weight excluding hydrogens is 388 g/mol. The van der Waals surface area contributed by atoms with E-state index in [2.05, 4.69) is 22.8 Å². The second-order valence-electron chi connectivity index (χ2n) is 7.62. The Kier molecular flexibility index (Phi) is 7.44. The summed E-state index contributed by atoms with van der Waals surface area (Å²) in [5, 5.41) is 5.71. The van der Waals surface area contributed by atoms with Gasteiger partial charge in [0.15, 0.2) is 6.10 Å². The van der Waals surface area contributed by atoms with E-state index in [0.717, 1.165) is 11.1 Å². The summed E-state index contributed by atoms with van der Waals surface area (Å²) in [5.41, 5.74) is 3.56. The Balaban J connectivity index is 1.59. The molecule has 0 bridgehead atoms. The molecule has 3 aromatic carbocycles. The lowest BCUT2D eigenvalue weighted by atomic mass is 10.1. The minimum absolute atomic E-state index is 0.0467. The van der Waals surface area contributed by atoms with E-state index < -0.39 is 6.10 Å². The Morgan fingerprint density at radius 2 is 1.26 bits per heavy atom. The molecule has 3 aromatic rings. The van der Waals surface area contributed by atoms with E-state index in [9.17, 15) is 9.59 Å². The van der Waals surface area contributed by atoms with Gasteiger partial charge in [0, 0.05) is 17.3 Å². The van der Waals surface area contributed by atoms with E-state index >= 15 is 0 Å². The van der Waals surface area contributed by atoms with Crippen LogP contribution in [0.2, 0.25) is 0 Å². The summed E-state index contributed by atoms with van der Waals surface area (Å²) >= 11 is 0. The molecule has 3 rings (SSSR count). The van der Waals surface area contributed by atoms with E-state index in [-0.39, 0.29) is 17.7 Å². The molecule has 0 aliphatic carbocycles. The highest BCUT2D eigenvalue weighted by Crippen LogP contribution is 2.23. The van der Waals surface area contributed by atoms with Crippen molar-refractivity contribution in [1.29, 1.82) is 0 Å². The van der Waals surface area contributed by atoms with Gasteiger partial charge in [0.1, 0.15) is 5.75 Å². The number of hydrogen-bond donors (Lipinski definition) is 2. The van der Waals surface area contributed by atoms with Gasteiger partial charge in [0.25, 0.3) is 5.91 Å². The van der Waals surface area contributed by atoms with Crippen molar-refractivity contribution in [3.8, 4) is 16.9 Å². The molecule has 0 aliphatic heterocycles. The second kappa shape index (κ2) is 10.4. The third-order valence-electron chi connectivity index (χ3n) is 4.85. The maximum Gasteiger partial charge on any atom is 0.265 e. The van der Waals surface area contributed by atoms with E-state index in [0.29, 0.717) is 23.5 Å². The molecule has 0 aliphatic rings. The van der Waals surface area contributed by atoms with Gasteiger partial charge in [-0.1, -0.05) is 63.2 Å². The smallest absolute Gasteiger partial charge is 0.265 e. The number of carbonyl (C=O) groups excluding carboxylic acids is 2. The molecule has 160 valence electrons. The molecule has 0 radical (unpaired) electrons. The molecule has 5 nitrogen and oxygen atoms in total. The highest BCUT2D eigenvalue weighted by Gasteiger charge is 2.18. The third kappa shape index (κ3) is 6.19. The normalized spacial score (nSPS) is 11.6. The third-order valence-corrected chi connectivity index (χ3v) is 4.85. The van der Waals surface area contributed by atoms with Crippen LogP contribution >= 0.6 is 0 Å². The quantitative estimate of drug-likeness (QED) is 0.492. The van der Waals surface area contributed by atoms with Crippen LogP contribution in [0.25, 0.3) is 11.1 Å². The van der Waals surface area contributed by atoms with E-state index in [1.807, 2.05) is 63.2 Å². The summed E-state index contributed by atoms with van der Waals surface area (Å²) in [6, 6.07) is 24.9. The molecule has 0 saturated carbocycles. The fraction of sp³-hybridized carbons (Fsp3) is 0.231. The number of benzene rings is 3.